The first-order chi connectivity index (χ1) is 9.06. The lowest BCUT2D eigenvalue weighted by molar-refractivity contribution is 0.0709. The van der Waals surface area contributed by atoms with Crippen molar-refractivity contribution < 1.29 is 4.79 Å². The van der Waals surface area contributed by atoms with Crippen molar-refractivity contribution in [3.8, 4) is 0 Å². The highest BCUT2D eigenvalue weighted by Gasteiger charge is 2.21. The van der Waals surface area contributed by atoms with Crippen molar-refractivity contribution in [2.45, 2.75) is 19.5 Å². The summed E-state index contributed by atoms with van der Waals surface area (Å²) in [6.07, 6.45) is 0. The molecule has 1 aromatic carbocycles. The summed E-state index contributed by atoms with van der Waals surface area (Å²) >= 11 is 0. The molecule has 1 fully saturated rings. The second-order valence-corrected chi connectivity index (χ2v) is 5.54. The monoisotopic (exact) mass is 261 g/mol. The number of nitrogens with one attached hydrogen (secondary N) is 1. The molecule has 104 valence electrons. The molecule has 0 bridgehead atoms. The van der Waals surface area contributed by atoms with Gasteiger partial charge < -0.3 is 15.1 Å². The first-order valence-electron chi connectivity index (χ1n) is 6.82. The zero-order valence-corrected chi connectivity index (χ0v) is 12.0. The number of hydrogen-bond donors (Lipinski definition) is 1. The fourth-order valence-corrected chi connectivity index (χ4v) is 2.42. The van der Waals surface area contributed by atoms with E-state index in [2.05, 4.69) is 17.1 Å². The SMILES string of the molecule is C[C@@H]1CN(C(=O)c2ccc(CN(C)C)cc2)CCN1. The molecule has 0 spiro atoms. The highest BCUT2D eigenvalue weighted by Crippen LogP contribution is 2.10. The van der Waals surface area contributed by atoms with E-state index >= 15 is 0 Å². The third kappa shape index (κ3) is 3.78. The van der Waals surface area contributed by atoms with Gasteiger partial charge in [0.05, 0.1) is 0 Å². The van der Waals surface area contributed by atoms with Crippen LogP contribution in [0.2, 0.25) is 0 Å². The summed E-state index contributed by atoms with van der Waals surface area (Å²) < 4.78 is 0. The lowest BCUT2D eigenvalue weighted by Gasteiger charge is -2.32. The highest BCUT2D eigenvalue weighted by molar-refractivity contribution is 5.94. The minimum atomic E-state index is 0.143. The first kappa shape index (κ1) is 14.0. The molecule has 1 aliphatic heterocycles. The zero-order valence-electron chi connectivity index (χ0n) is 12.0. The minimum Gasteiger partial charge on any atom is -0.336 e. The van der Waals surface area contributed by atoms with Gasteiger partial charge in [-0.05, 0) is 38.7 Å². The second-order valence-electron chi connectivity index (χ2n) is 5.54. The molecule has 1 aliphatic rings. The van der Waals surface area contributed by atoms with E-state index in [4.69, 9.17) is 0 Å². The lowest BCUT2D eigenvalue weighted by atomic mass is 10.1. The van der Waals surface area contributed by atoms with Crippen molar-refractivity contribution >= 4 is 5.91 Å². The zero-order chi connectivity index (χ0) is 13.8. The molecule has 0 radical (unpaired) electrons. The van der Waals surface area contributed by atoms with Crippen LogP contribution in [0, 0.1) is 0 Å². The van der Waals surface area contributed by atoms with E-state index in [-0.39, 0.29) is 5.91 Å². The first-order valence-corrected chi connectivity index (χ1v) is 6.82. The third-order valence-electron chi connectivity index (χ3n) is 3.36. The van der Waals surface area contributed by atoms with Crippen LogP contribution in [0.4, 0.5) is 0 Å². The van der Waals surface area contributed by atoms with Crippen molar-refractivity contribution in [2.75, 3.05) is 33.7 Å². The molecule has 0 unspecified atom stereocenters. The van der Waals surface area contributed by atoms with E-state index in [0.717, 1.165) is 31.7 Å². The largest absolute Gasteiger partial charge is 0.336 e. The average Bonchev–Trinajstić information content (AvgIpc) is 2.38. The predicted octanol–water partition coefficient (Wildman–Crippen LogP) is 1.18. The maximum atomic E-state index is 12.4. The fourth-order valence-electron chi connectivity index (χ4n) is 2.42. The van der Waals surface area contributed by atoms with E-state index in [0.29, 0.717) is 6.04 Å². The summed E-state index contributed by atoms with van der Waals surface area (Å²) in [7, 11) is 4.09. The van der Waals surface area contributed by atoms with Crippen LogP contribution in [0.15, 0.2) is 24.3 Å². The van der Waals surface area contributed by atoms with Crippen LogP contribution >= 0.6 is 0 Å². The molecule has 4 nitrogen and oxygen atoms in total. The molecule has 2 rings (SSSR count). The van der Waals surface area contributed by atoms with Crippen molar-refractivity contribution in [1.29, 1.82) is 0 Å². The van der Waals surface area contributed by atoms with Gasteiger partial charge in [-0.25, -0.2) is 0 Å². The van der Waals surface area contributed by atoms with Crippen LogP contribution in [0.5, 0.6) is 0 Å². The predicted molar refractivity (Wildman–Crippen MR) is 77.2 cm³/mol. The van der Waals surface area contributed by atoms with Crippen LogP contribution in [0.3, 0.4) is 0 Å². The number of carbonyl (C=O) groups is 1. The number of carbonyl (C=O) groups excluding carboxylic acids is 1. The van der Waals surface area contributed by atoms with Gasteiger partial charge in [0.2, 0.25) is 0 Å². The van der Waals surface area contributed by atoms with Crippen molar-refractivity contribution in [3.63, 3.8) is 0 Å². The maximum Gasteiger partial charge on any atom is 0.253 e. The third-order valence-corrected chi connectivity index (χ3v) is 3.36. The molecule has 4 heteroatoms. The van der Waals surface area contributed by atoms with Gasteiger partial charge in [-0.1, -0.05) is 12.1 Å². The van der Waals surface area contributed by atoms with E-state index in [1.807, 2.05) is 43.3 Å². The molecule has 1 heterocycles. The van der Waals surface area contributed by atoms with Gasteiger partial charge in [0.1, 0.15) is 0 Å². The molecule has 1 aromatic rings. The molecule has 1 N–H and O–H groups in total. The van der Waals surface area contributed by atoms with Crippen LogP contribution in [0.1, 0.15) is 22.8 Å². The molecule has 0 saturated carbocycles. The summed E-state index contributed by atoms with van der Waals surface area (Å²) in [4.78, 5) is 16.4. The molecular formula is C15H23N3O. The summed E-state index contributed by atoms with van der Waals surface area (Å²) in [5.41, 5.74) is 2.02. The van der Waals surface area contributed by atoms with E-state index < -0.39 is 0 Å². The summed E-state index contributed by atoms with van der Waals surface area (Å²) in [5.74, 6) is 0.143. The van der Waals surface area contributed by atoms with Gasteiger partial charge >= 0.3 is 0 Å². The Labute approximate surface area is 115 Å². The Morgan fingerprint density at radius 2 is 2.05 bits per heavy atom. The van der Waals surface area contributed by atoms with Gasteiger partial charge in [0.15, 0.2) is 0 Å². The smallest absolute Gasteiger partial charge is 0.253 e. The van der Waals surface area contributed by atoms with Crippen LogP contribution < -0.4 is 5.32 Å². The number of hydrogen-bond acceptors (Lipinski definition) is 3. The van der Waals surface area contributed by atoms with E-state index in [1.165, 1.54) is 5.56 Å². The maximum absolute atomic E-state index is 12.4. The normalized spacial score (nSPS) is 19.8. The number of rotatable bonds is 3. The lowest BCUT2D eigenvalue weighted by Crippen LogP contribution is -2.51. The second kappa shape index (κ2) is 6.17. The van der Waals surface area contributed by atoms with Crippen molar-refractivity contribution in [1.82, 2.24) is 15.1 Å². The molecule has 19 heavy (non-hydrogen) atoms. The molecule has 0 aliphatic carbocycles. The number of piperazine rings is 1. The van der Waals surface area contributed by atoms with Gasteiger partial charge in [-0.3, -0.25) is 4.79 Å². The Kier molecular flexibility index (Phi) is 4.56. The standard InChI is InChI=1S/C15H23N3O/c1-12-10-18(9-8-16-12)15(19)14-6-4-13(5-7-14)11-17(2)3/h4-7,12,16H,8-11H2,1-3H3/t12-/m1/s1. The fraction of sp³-hybridized carbons (Fsp3) is 0.533. The molecule has 0 aromatic heterocycles. The summed E-state index contributed by atoms with van der Waals surface area (Å²) in [5, 5.41) is 3.35. The molecule has 1 saturated heterocycles. The Morgan fingerprint density at radius 1 is 1.37 bits per heavy atom. The van der Waals surface area contributed by atoms with E-state index in [9.17, 15) is 4.79 Å². The van der Waals surface area contributed by atoms with Crippen molar-refractivity contribution in [3.05, 3.63) is 35.4 Å². The topological polar surface area (TPSA) is 35.6 Å². The van der Waals surface area contributed by atoms with Crippen LogP contribution in [-0.2, 0) is 6.54 Å². The average molecular weight is 261 g/mol. The Balaban J connectivity index is 2.02. The number of nitrogens with zero attached hydrogens (tertiary/aromatic N) is 2. The molecule has 1 atom stereocenters. The summed E-state index contributed by atoms with van der Waals surface area (Å²) in [6.45, 7) is 5.48. The van der Waals surface area contributed by atoms with Gasteiger partial charge in [-0.2, -0.15) is 0 Å². The van der Waals surface area contributed by atoms with Crippen LogP contribution in [0.25, 0.3) is 0 Å². The number of amides is 1. The van der Waals surface area contributed by atoms with Gasteiger partial charge in [0.25, 0.3) is 5.91 Å². The number of benzene rings is 1. The quantitative estimate of drug-likeness (QED) is 0.887. The molecular weight excluding hydrogens is 238 g/mol. The Bertz CT molecular complexity index is 428. The van der Waals surface area contributed by atoms with Crippen LogP contribution in [-0.4, -0.2) is 55.5 Å². The van der Waals surface area contributed by atoms with Gasteiger partial charge in [0, 0.05) is 37.8 Å². The highest BCUT2D eigenvalue weighted by atomic mass is 16.2. The van der Waals surface area contributed by atoms with E-state index in [1.54, 1.807) is 0 Å². The summed E-state index contributed by atoms with van der Waals surface area (Å²) in [6, 6.07) is 8.34. The minimum absolute atomic E-state index is 0.143. The van der Waals surface area contributed by atoms with Crippen molar-refractivity contribution in [2.24, 2.45) is 0 Å². The Hall–Kier alpha value is -1.39. The Morgan fingerprint density at radius 3 is 2.63 bits per heavy atom. The molecule has 1 amide bonds. The van der Waals surface area contributed by atoms with Gasteiger partial charge in [-0.15, -0.1) is 0 Å².